The molecule has 0 N–H and O–H groups in total. The molecule has 6 rings (SSSR count). The molecule has 0 saturated heterocycles. The van der Waals surface area contributed by atoms with Gasteiger partial charge in [-0.05, 0) is 133 Å². The molecule has 2 saturated carbocycles. The molecule has 1 nitrogen and oxygen atoms in total. The molecule has 0 spiro atoms. The van der Waals surface area contributed by atoms with Crippen LogP contribution < -0.4 is 0 Å². The van der Waals surface area contributed by atoms with E-state index in [2.05, 4.69) is 38.1 Å². The first kappa shape index (κ1) is 41.1. The summed E-state index contributed by atoms with van der Waals surface area (Å²) in [4.78, 5) is 0. The predicted molar refractivity (Wildman–Crippen MR) is 209 cm³/mol. The number of unbranched alkanes of at least 4 members (excludes halogenated alkanes) is 2. The highest BCUT2D eigenvalue weighted by Gasteiger charge is 2.33. The number of alkyl halides is 6. The van der Waals surface area contributed by atoms with Crippen LogP contribution in [0.2, 0.25) is 0 Å². The third-order valence-electron chi connectivity index (χ3n) is 12.4. The van der Waals surface area contributed by atoms with E-state index in [1.165, 1.54) is 99.6 Å². The van der Waals surface area contributed by atoms with Crippen molar-refractivity contribution >= 4 is 0 Å². The zero-order chi connectivity index (χ0) is 39.0. The summed E-state index contributed by atoms with van der Waals surface area (Å²) >= 11 is 0. The van der Waals surface area contributed by atoms with Crippen LogP contribution in [0.4, 0.5) is 26.3 Å². The van der Waals surface area contributed by atoms with Gasteiger partial charge in [0.2, 0.25) is 0 Å². The lowest BCUT2D eigenvalue weighted by atomic mass is 9.77. The van der Waals surface area contributed by atoms with E-state index in [4.69, 9.17) is 4.74 Å². The van der Waals surface area contributed by atoms with Crippen LogP contribution in [0.25, 0.3) is 0 Å². The molecule has 2 aliphatic carbocycles. The van der Waals surface area contributed by atoms with Gasteiger partial charge in [-0.15, -0.1) is 0 Å². The fourth-order valence-electron chi connectivity index (χ4n) is 8.97. The van der Waals surface area contributed by atoms with Crippen LogP contribution >= 0.6 is 0 Å². The Morgan fingerprint density at radius 1 is 0.455 bits per heavy atom. The van der Waals surface area contributed by atoms with Gasteiger partial charge >= 0.3 is 12.4 Å². The third-order valence-corrected chi connectivity index (χ3v) is 12.4. The number of rotatable bonds is 14. The summed E-state index contributed by atoms with van der Waals surface area (Å²) in [5.74, 6) is 2.49. The van der Waals surface area contributed by atoms with Gasteiger partial charge in [0.05, 0.1) is 11.1 Å². The van der Waals surface area contributed by atoms with Crippen molar-refractivity contribution in [3.05, 3.63) is 142 Å². The second kappa shape index (κ2) is 18.6. The summed E-state index contributed by atoms with van der Waals surface area (Å²) in [6.07, 6.45) is 6.42. The first-order chi connectivity index (χ1) is 26.4. The molecular weight excluding hydrogens is 707 g/mol. The van der Waals surface area contributed by atoms with Gasteiger partial charge in [0.1, 0.15) is 12.2 Å². The minimum Gasteiger partial charge on any atom is -0.356 e. The lowest BCUT2D eigenvalue weighted by Crippen LogP contribution is -2.16. The van der Waals surface area contributed by atoms with Crippen molar-refractivity contribution < 1.29 is 31.1 Å². The molecule has 2 atom stereocenters. The van der Waals surface area contributed by atoms with E-state index in [-0.39, 0.29) is 0 Å². The van der Waals surface area contributed by atoms with E-state index in [1.807, 2.05) is 24.3 Å². The fourth-order valence-corrected chi connectivity index (χ4v) is 8.97. The van der Waals surface area contributed by atoms with Gasteiger partial charge in [-0.3, -0.25) is 0 Å². The number of hydrogen-bond acceptors (Lipinski definition) is 1. The van der Waals surface area contributed by atoms with Crippen molar-refractivity contribution in [3.8, 4) is 0 Å². The minimum absolute atomic E-state index is 0.460. The average Bonchev–Trinajstić information content (AvgIpc) is 3.20. The van der Waals surface area contributed by atoms with Crippen molar-refractivity contribution in [1.29, 1.82) is 0 Å². The summed E-state index contributed by atoms with van der Waals surface area (Å²) in [5.41, 5.74) is 3.60. The van der Waals surface area contributed by atoms with Crippen molar-refractivity contribution in [2.45, 2.75) is 140 Å². The van der Waals surface area contributed by atoms with Crippen molar-refractivity contribution in [3.63, 3.8) is 0 Å². The molecule has 7 heteroatoms. The third kappa shape index (κ3) is 10.8. The second-order valence-corrected chi connectivity index (χ2v) is 16.2. The Morgan fingerprint density at radius 3 is 1.02 bits per heavy atom. The fraction of sp³-hybridized carbons (Fsp3) is 0.500. The van der Waals surface area contributed by atoms with Crippen molar-refractivity contribution in [1.82, 2.24) is 0 Å². The largest absolute Gasteiger partial charge is 0.416 e. The molecule has 2 aliphatic rings. The van der Waals surface area contributed by atoms with Crippen LogP contribution in [0.5, 0.6) is 0 Å². The molecule has 0 bridgehead atoms. The van der Waals surface area contributed by atoms with Crippen molar-refractivity contribution in [2.24, 2.45) is 11.8 Å². The molecule has 2 fully saturated rings. The van der Waals surface area contributed by atoms with Crippen LogP contribution in [0.15, 0.2) is 97.1 Å². The summed E-state index contributed by atoms with van der Waals surface area (Å²) < 4.78 is 88.8. The summed E-state index contributed by atoms with van der Waals surface area (Å²) in [7, 11) is 0. The Labute approximate surface area is 323 Å². The minimum atomic E-state index is -4.49. The maximum Gasteiger partial charge on any atom is 0.416 e. The monoisotopic (exact) mass is 762 g/mol. The van der Waals surface area contributed by atoms with E-state index < -0.39 is 35.7 Å². The maximum atomic E-state index is 13.6. The molecular formula is C48H56F6O. The van der Waals surface area contributed by atoms with Gasteiger partial charge in [0.25, 0.3) is 0 Å². The standard InChI is InChI=1S/C48H56F6O/c1-3-5-7-33-9-13-35(14-10-33)37-17-21-39(22-18-37)45(41-25-29-43(30-26-41)47(49,50)51)55-46(42-27-31-44(32-28-42)48(52,53)54)40-23-19-38(20-24-40)36-15-11-34(12-16-36)8-6-4-2/h17-36,45-46H,3-16H2,1-2H3. The molecule has 0 aromatic heterocycles. The van der Waals surface area contributed by atoms with Gasteiger partial charge in [-0.1, -0.05) is 125 Å². The Kier molecular flexibility index (Phi) is 13.9. The molecule has 296 valence electrons. The average molecular weight is 763 g/mol. The smallest absolute Gasteiger partial charge is 0.356 e. The Morgan fingerprint density at radius 2 is 0.745 bits per heavy atom. The van der Waals surface area contributed by atoms with Gasteiger partial charge in [0.15, 0.2) is 0 Å². The zero-order valence-corrected chi connectivity index (χ0v) is 32.3. The molecule has 0 radical (unpaired) electrons. The summed E-state index contributed by atoms with van der Waals surface area (Å²) in [6.45, 7) is 4.47. The number of ether oxygens (including phenoxy) is 1. The van der Waals surface area contributed by atoms with E-state index in [0.29, 0.717) is 23.0 Å². The van der Waals surface area contributed by atoms with Gasteiger partial charge in [-0.2, -0.15) is 26.3 Å². The molecule has 0 heterocycles. The van der Waals surface area contributed by atoms with Gasteiger partial charge in [-0.25, -0.2) is 0 Å². The Balaban J connectivity index is 1.30. The first-order valence-corrected chi connectivity index (χ1v) is 20.6. The molecule has 2 unspecified atom stereocenters. The highest BCUT2D eigenvalue weighted by atomic mass is 19.4. The van der Waals surface area contributed by atoms with Gasteiger partial charge in [0, 0.05) is 0 Å². The molecule has 0 aliphatic heterocycles. The van der Waals surface area contributed by atoms with Crippen LogP contribution in [0, 0.1) is 11.8 Å². The zero-order valence-electron chi connectivity index (χ0n) is 32.3. The Hall–Kier alpha value is -3.58. The second-order valence-electron chi connectivity index (χ2n) is 16.2. The Bertz CT molecular complexity index is 1590. The van der Waals surface area contributed by atoms with E-state index in [0.717, 1.165) is 72.9 Å². The van der Waals surface area contributed by atoms with Crippen LogP contribution in [-0.2, 0) is 17.1 Å². The number of halogens is 6. The maximum absolute atomic E-state index is 13.6. The molecule has 0 amide bonds. The first-order valence-electron chi connectivity index (χ1n) is 20.6. The highest BCUT2D eigenvalue weighted by Crippen LogP contribution is 2.43. The predicted octanol–water partition coefficient (Wildman–Crippen LogP) is 15.5. The normalized spacial score (nSPS) is 22.0. The van der Waals surface area contributed by atoms with E-state index in [9.17, 15) is 26.3 Å². The van der Waals surface area contributed by atoms with E-state index in [1.54, 1.807) is 0 Å². The quantitative estimate of drug-likeness (QED) is 0.116. The molecule has 55 heavy (non-hydrogen) atoms. The molecule has 4 aromatic carbocycles. The van der Waals surface area contributed by atoms with Crippen LogP contribution in [-0.4, -0.2) is 0 Å². The molecule has 4 aromatic rings. The number of benzene rings is 4. The SMILES string of the molecule is CCCCC1CCC(c2ccc(C(OC(c3ccc(C4CCC(CCCC)CC4)cc3)c3ccc(C(F)(F)F)cc3)c3ccc(C(F)(F)F)cc3)cc2)CC1. The summed E-state index contributed by atoms with van der Waals surface area (Å²) in [5, 5.41) is 0. The lowest BCUT2D eigenvalue weighted by molar-refractivity contribution is -0.138. The van der Waals surface area contributed by atoms with Crippen LogP contribution in [0.3, 0.4) is 0 Å². The topological polar surface area (TPSA) is 9.23 Å². The van der Waals surface area contributed by atoms with Crippen molar-refractivity contribution in [2.75, 3.05) is 0 Å². The number of hydrogen-bond donors (Lipinski definition) is 0. The highest BCUT2D eigenvalue weighted by molar-refractivity contribution is 5.39. The van der Waals surface area contributed by atoms with Crippen LogP contribution in [0.1, 0.15) is 172 Å². The lowest BCUT2D eigenvalue weighted by Gasteiger charge is -2.30. The summed E-state index contributed by atoms with van der Waals surface area (Å²) in [6, 6.07) is 26.5. The van der Waals surface area contributed by atoms with E-state index >= 15 is 0 Å². The van der Waals surface area contributed by atoms with Gasteiger partial charge < -0.3 is 4.74 Å².